The monoisotopic (exact) mass is 386 g/mol. The van der Waals surface area contributed by atoms with Gasteiger partial charge in [0.1, 0.15) is 0 Å². The first-order valence-corrected chi connectivity index (χ1v) is 11.2. The van der Waals surface area contributed by atoms with Crippen LogP contribution in [0.5, 0.6) is 0 Å². The van der Waals surface area contributed by atoms with E-state index < -0.39 is 25.5 Å². The Labute approximate surface area is 148 Å². The molecule has 1 aliphatic heterocycles. The van der Waals surface area contributed by atoms with E-state index in [2.05, 4.69) is 8.37 Å². The molecule has 0 aromatic carbocycles. The third kappa shape index (κ3) is 6.98. The molecule has 0 radical (unpaired) electrons. The first-order valence-electron chi connectivity index (χ1n) is 8.27. The minimum atomic E-state index is -3.38. The Morgan fingerprint density at radius 1 is 1.17 bits per heavy atom. The summed E-state index contributed by atoms with van der Waals surface area (Å²) in [6, 6.07) is 0. The van der Waals surface area contributed by atoms with Gasteiger partial charge in [-0.2, -0.15) is 16.8 Å². The van der Waals surface area contributed by atoms with Gasteiger partial charge in [-0.1, -0.05) is 54.9 Å². The van der Waals surface area contributed by atoms with E-state index in [9.17, 15) is 16.8 Å². The van der Waals surface area contributed by atoms with Crippen LogP contribution in [-0.2, 0) is 28.6 Å². The van der Waals surface area contributed by atoms with E-state index in [4.69, 9.17) is 0 Å². The summed E-state index contributed by atoms with van der Waals surface area (Å²) in [5, 5.41) is -0.731. The van der Waals surface area contributed by atoms with Gasteiger partial charge in [0.25, 0.3) is 20.2 Å². The van der Waals surface area contributed by atoms with Gasteiger partial charge in [0, 0.05) is 0 Å². The SMILES string of the molecule is CC(C)(C)C1CCOS1(=O)=O.CCCC(C(C)(C)C)S(=O)(=O)OC. The van der Waals surface area contributed by atoms with E-state index in [1.807, 2.05) is 48.5 Å². The van der Waals surface area contributed by atoms with E-state index in [1.54, 1.807) is 0 Å². The molecule has 6 nitrogen and oxygen atoms in total. The zero-order valence-electron chi connectivity index (χ0n) is 16.2. The lowest BCUT2D eigenvalue weighted by atomic mass is 9.89. The van der Waals surface area contributed by atoms with Crippen LogP contribution >= 0.6 is 0 Å². The third-order valence-electron chi connectivity index (χ3n) is 4.04. The van der Waals surface area contributed by atoms with Crippen molar-refractivity contribution in [3.05, 3.63) is 0 Å². The van der Waals surface area contributed by atoms with Crippen molar-refractivity contribution in [2.24, 2.45) is 10.8 Å². The minimum absolute atomic E-state index is 0.199. The molecule has 0 spiro atoms. The van der Waals surface area contributed by atoms with Crippen molar-refractivity contribution < 1.29 is 25.2 Å². The highest BCUT2D eigenvalue weighted by Gasteiger charge is 2.41. The summed E-state index contributed by atoms with van der Waals surface area (Å²) in [6.45, 7) is 13.9. The summed E-state index contributed by atoms with van der Waals surface area (Å²) in [7, 11) is -5.40. The van der Waals surface area contributed by atoms with Crippen molar-refractivity contribution >= 4 is 20.2 Å². The molecule has 0 amide bonds. The fraction of sp³-hybridized carbons (Fsp3) is 1.00. The van der Waals surface area contributed by atoms with Crippen molar-refractivity contribution in [3.63, 3.8) is 0 Å². The molecule has 0 aromatic heterocycles. The van der Waals surface area contributed by atoms with Crippen molar-refractivity contribution in [2.45, 2.75) is 78.2 Å². The van der Waals surface area contributed by atoms with E-state index in [1.165, 1.54) is 7.11 Å². The zero-order valence-corrected chi connectivity index (χ0v) is 17.9. The molecular weight excluding hydrogens is 352 g/mol. The first-order chi connectivity index (χ1) is 10.6. The van der Waals surface area contributed by atoms with Crippen LogP contribution in [0.4, 0.5) is 0 Å². The number of rotatable bonds is 4. The van der Waals surface area contributed by atoms with E-state index in [-0.39, 0.29) is 16.1 Å². The molecular formula is C16H34O6S2. The Morgan fingerprint density at radius 2 is 1.67 bits per heavy atom. The minimum Gasteiger partial charge on any atom is -0.273 e. The summed E-state index contributed by atoms with van der Waals surface area (Å²) in [4.78, 5) is 0. The third-order valence-corrected chi connectivity index (χ3v) is 8.28. The molecule has 1 heterocycles. The Kier molecular flexibility index (Phi) is 8.40. The topological polar surface area (TPSA) is 86.7 Å². The summed E-state index contributed by atoms with van der Waals surface area (Å²) >= 11 is 0. The van der Waals surface area contributed by atoms with Gasteiger partial charge in [0.15, 0.2) is 0 Å². The lowest BCUT2D eigenvalue weighted by Crippen LogP contribution is -2.35. The molecule has 1 aliphatic rings. The second kappa shape index (κ2) is 8.47. The quantitative estimate of drug-likeness (QED) is 0.689. The second-order valence-electron chi connectivity index (χ2n) is 8.26. The lowest BCUT2D eigenvalue weighted by Gasteiger charge is -2.28. The molecule has 2 unspecified atom stereocenters. The van der Waals surface area contributed by atoms with Crippen LogP contribution in [0.1, 0.15) is 67.7 Å². The average Bonchev–Trinajstić information content (AvgIpc) is 2.74. The van der Waals surface area contributed by atoms with E-state index in [0.717, 1.165) is 6.42 Å². The molecule has 0 saturated carbocycles. The largest absolute Gasteiger partial charge is 0.273 e. The highest BCUT2D eigenvalue weighted by Crippen LogP contribution is 2.33. The second-order valence-corrected chi connectivity index (χ2v) is 11.9. The van der Waals surface area contributed by atoms with Crippen LogP contribution in [0.2, 0.25) is 0 Å². The molecule has 0 aliphatic carbocycles. The van der Waals surface area contributed by atoms with Crippen molar-refractivity contribution in [2.75, 3.05) is 13.7 Å². The maximum atomic E-state index is 11.5. The van der Waals surface area contributed by atoms with Gasteiger partial charge in [0.2, 0.25) is 0 Å². The van der Waals surface area contributed by atoms with Gasteiger partial charge in [-0.05, 0) is 23.7 Å². The molecule has 0 bridgehead atoms. The van der Waals surface area contributed by atoms with Gasteiger partial charge in [-0.3, -0.25) is 8.37 Å². The smallest absolute Gasteiger partial charge is 0.270 e. The fourth-order valence-electron chi connectivity index (χ4n) is 2.75. The summed E-state index contributed by atoms with van der Waals surface area (Å²) < 4.78 is 54.6. The zero-order chi connectivity index (χ0) is 19.4. The Hall–Kier alpha value is -0.180. The van der Waals surface area contributed by atoms with Crippen molar-refractivity contribution in [1.82, 2.24) is 0 Å². The maximum Gasteiger partial charge on any atom is 0.270 e. The summed E-state index contributed by atoms with van der Waals surface area (Å²) in [5.74, 6) is 0. The van der Waals surface area contributed by atoms with Crippen LogP contribution in [0.15, 0.2) is 0 Å². The number of hydrogen-bond donors (Lipinski definition) is 0. The maximum absolute atomic E-state index is 11.5. The molecule has 1 rings (SSSR count). The molecule has 146 valence electrons. The standard InChI is InChI=1S/C9H20O3S.C7H14O3S/c1-6-7-8(9(2,3)4)13(10,11)12-5;1-7(2,3)6-4-5-10-11(6,8)9/h8H,6-7H2,1-5H3;6H,4-5H2,1-3H3. The Morgan fingerprint density at radius 3 is 1.88 bits per heavy atom. The van der Waals surface area contributed by atoms with Gasteiger partial charge >= 0.3 is 0 Å². The molecule has 8 heteroatoms. The molecule has 2 atom stereocenters. The van der Waals surface area contributed by atoms with E-state index >= 15 is 0 Å². The van der Waals surface area contributed by atoms with Gasteiger partial charge in [-0.15, -0.1) is 0 Å². The fourth-order valence-corrected chi connectivity index (χ4v) is 6.12. The predicted octanol–water partition coefficient (Wildman–Crippen LogP) is 3.33. The highest BCUT2D eigenvalue weighted by atomic mass is 32.2. The van der Waals surface area contributed by atoms with Gasteiger partial charge in [-0.25, -0.2) is 0 Å². The van der Waals surface area contributed by atoms with Crippen LogP contribution < -0.4 is 0 Å². The Bertz CT molecular complexity index is 579. The molecule has 0 N–H and O–H groups in total. The van der Waals surface area contributed by atoms with Crippen LogP contribution in [0, 0.1) is 10.8 Å². The van der Waals surface area contributed by atoms with Crippen LogP contribution in [0.3, 0.4) is 0 Å². The normalized spacial score (nSPS) is 22.6. The molecule has 0 aromatic rings. The predicted molar refractivity (Wildman–Crippen MR) is 96.8 cm³/mol. The summed E-state index contributed by atoms with van der Waals surface area (Å²) in [6.07, 6.45) is 2.13. The lowest BCUT2D eigenvalue weighted by molar-refractivity contribution is 0.314. The van der Waals surface area contributed by atoms with Crippen molar-refractivity contribution in [1.29, 1.82) is 0 Å². The first kappa shape index (κ1) is 23.8. The van der Waals surface area contributed by atoms with Gasteiger partial charge in [0.05, 0.1) is 24.2 Å². The van der Waals surface area contributed by atoms with Gasteiger partial charge < -0.3 is 0 Å². The average molecular weight is 387 g/mol. The summed E-state index contributed by atoms with van der Waals surface area (Å²) in [5.41, 5.74) is -0.458. The van der Waals surface area contributed by atoms with Crippen LogP contribution in [0.25, 0.3) is 0 Å². The Balaban J connectivity index is 0.000000446. The molecule has 1 fully saturated rings. The highest BCUT2D eigenvalue weighted by molar-refractivity contribution is 7.87. The van der Waals surface area contributed by atoms with E-state index in [0.29, 0.717) is 19.4 Å². The van der Waals surface area contributed by atoms with Crippen LogP contribution in [-0.4, -0.2) is 41.1 Å². The molecule has 1 saturated heterocycles. The van der Waals surface area contributed by atoms with Crippen molar-refractivity contribution in [3.8, 4) is 0 Å². The molecule has 24 heavy (non-hydrogen) atoms. The number of hydrogen-bond acceptors (Lipinski definition) is 6.